The number of para-hydroxylation sites is 1. The summed E-state index contributed by atoms with van der Waals surface area (Å²) in [5.74, 6) is 0.0375. The quantitative estimate of drug-likeness (QED) is 0.257. The highest BCUT2D eigenvalue weighted by molar-refractivity contribution is 7.89. The van der Waals surface area contributed by atoms with Gasteiger partial charge in [0.25, 0.3) is 11.6 Å². The first kappa shape index (κ1) is 26.5. The number of carbonyl (C=O) groups excluding carboxylic acids is 1. The third-order valence-corrected chi connectivity index (χ3v) is 8.86. The van der Waals surface area contributed by atoms with Crippen LogP contribution in [0.4, 0.5) is 11.5 Å². The van der Waals surface area contributed by atoms with Crippen LogP contribution in [0.3, 0.4) is 0 Å². The van der Waals surface area contributed by atoms with Gasteiger partial charge in [0.1, 0.15) is 11.4 Å². The zero-order chi connectivity index (χ0) is 27.6. The first-order valence-corrected chi connectivity index (χ1v) is 14.2. The number of benzene rings is 2. The number of hydrogen-bond donors (Lipinski definition) is 1. The fourth-order valence-electron chi connectivity index (χ4n) is 4.97. The lowest BCUT2D eigenvalue weighted by atomic mass is 10.1. The van der Waals surface area contributed by atoms with Crippen LogP contribution in [-0.2, 0) is 10.0 Å². The molecule has 13 heteroatoms. The SMILES string of the molecule is Cc1nn(-c2ccccc2)c(N2CCCC2)c1/C=N/NC(=O)c1ccc(S(=O)(=O)N2CCCC2)cc1[N+](=O)[O-]. The van der Waals surface area contributed by atoms with Crippen molar-refractivity contribution in [3.05, 3.63) is 75.5 Å². The monoisotopic (exact) mass is 551 g/mol. The molecule has 1 aromatic heterocycles. The molecule has 2 aliphatic heterocycles. The first-order valence-electron chi connectivity index (χ1n) is 12.8. The third-order valence-electron chi connectivity index (χ3n) is 6.96. The molecule has 1 N–H and O–H groups in total. The zero-order valence-electron chi connectivity index (χ0n) is 21.5. The van der Waals surface area contributed by atoms with Gasteiger partial charge in [0, 0.05) is 32.2 Å². The summed E-state index contributed by atoms with van der Waals surface area (Å²) in [6.45, 7) is 4.32. The number of hydrazone groups is 1. The maximum Gasteiger partial charge on any atom is 0.283 e. The maximum absolute atomic E-state index is 12.9. The van der Waals surface area contributed by atoms with Crippen LogP contribution in [0.2, 0.25) is 0 Å². The van der Waals surface area contributed by atoms with E-state index in [1.165, 1.54) is 16.6 Å². The smallest absolute Gasteiger partial charge is 0.283 e. The van der Waals surface area contributed by atoms with Crippen LogP contribution < -0.4 is 10.3 Å². The molecule has 0 atom stereocenters. The molecule has 0 aliphatic carbocycles. The molecule has 0 bridgehead atoms. The summed E-state index contributed by atoms with van der Waals surface area (Å²) in [6, 6.07) is 13.0. The highest BCUT2D eigenvalue weighted by Gasteiger charge is 2.31. The number of nitro benzene ring substituents is 1. The number of anilines is 1. The van der Waals surface area contributed by atoms with E-state index < -0.39 is 26.5 Å². The van der Waals surface area contributed by atoms with Gasteiger partial charge in [-0.05, 0) is 56.9 Å². The Bertz CT molecular complexity index is 1520. The minimum absolute atomic E-state index is 0.213. The van der Waals surface area contributed by atoms with Crippen LogP contribution in [0.1, 0.15) is 47.3 Å². The zero-order valence-corrected chi connectivity index (χ0v) is 22.3. The Morgan fingerprint density at radius 3 is 2.38 bits per heavy atom. The molecule has 2 saturated heterocycles. The van der Waals surface area contributed by atoms with E-state index in [2.05, 4.69) is 15.4 Å². The average Bonchev–Trinajstić information content (AvgIpc) is 3.71. The molecule has 2 fully saturated rings. The molecule has 3 heterocycles. The number of aryl methyl sites for hydroxylation is 1. The fourth-order valence-corrected chi connectivity index (χ4v) is 6.51. The molecule has 204 valence electrons. The Morgan fingerprint density at radius 1 is 1.05 bits per heavy atom. The summed E-state index contributed by atoms with van der Waals surface area (Å²) >= 11 is 0. The summed E-state index contributed by atoms with van der Waals surface area (Å²) in [5.41, 5.74) is 3.80. The highest BCUT2D eigenvalue weighted by Crippen LogP contribution is 2.30. The molecule has 5 rings (SSSR count). The number of aromatic nitrogens is 2. The molecular weight excluding hydrogens is 522 g/mol. The van der Waals surface area contributed by atoms with Crippen molar-refractivity contribution >= 4 is 33.7 Å². The second-order valence-corrected chi connectivity index (χ2v) is 11.4. The molecule has 39 heavy (non-hydrogen) atoms. The number of amides is 1. The lowest BCUT2D eigenvalue weighted by molar-refractivity contribution is -0.385. The fraction of sp³-hybridized carbons (Fsp3) is 0.346. The molecule has 1 amide bonds. The third kappa shape index (κ3) is 5.27. The molecule has 2 aromatic carbocycles. The predicted molar refractivity (Wildman–Crippen MR) is 146 cm³/mol. The lowest BCUT2D eigenvalue weighted by Gasteiger charge is -2.20. The number of rotatable bonds is 8. The van der Waals surface area contributed by atoms with Crippen LogP contribution in [0, 0.1) is 17.0 Å². The second-order valence-electron chi connectivity index (χ2n) is 9.51. The largest absolute Gasteiger partial charge is 0.356 e. The van der Waals surface area contributed by atoms with E-state index in [4.69, 9.17) is 5.10 Å². The van der Waals surface area contributed by atoms with Crippen molar-refractivity contribution in [1.82, 2.24) is 19.5 Å². The van der Waals surface area contributed by atoms with Crippen LogP contribution >= 0.6 is 0 Å². The van der Waals surface area contributed by atoms with Crippen molar-refractivity contribution < 1.29 is 18.1 Å². The van der Waals surface area contributed by atoms with E-state index in [1.807, 2.05) is 41.9 Å². The molecule has 12 nitrogen and oxygen atoms in total. The van der Waals surface area contributed by atoms with Gasteiger partial charge in [0.05, 0.1) is 33.0 Å². The van der Waals surface area contributed by atoms with Crippen LogP contribution in [0.5, 0.6) is 0 Å². The van der Waals surface area contributed by atoms with E-state index in [-0.39, 0.29) is 10.5 Å². The molecular formula is C26H29N7O5S. The Hall–Kier alpha value is -4.10. The maximum atomic E-state index is 12.9. The second kappa shape index (κ2) is 10.9. The van der Waals surface area contributed by atoms with Gasteiger partial charge >= 0.3 is 0 Å². The van der Waals surface area contributed by atoms with E-state index >= 15 is 0 Å². The lowest BCUT2D eigenvalue weighted by Crippen LogP contribution is -2.28. The Kier molecular flexibility index (Phi) is 7.44. The number of nitrogens with zero attached hydrogens (tertiary/aromatic N) is 6. The number of sulfonamides is 1. The summed E-state index contributed by atoms with van der Waals surface area (Å²) in [4.78, 5) is 25.9. The molecule has 0 saturated carbocycles. The van der Waals surface area contributed by atoms with Gasteiger partial charge < -0.3 is 4.90 Å². The molecule has 3 aromatic rings. The minimum Gasteiger partial charge on any atom is -0.356 e. The van der Waals surface area contributed by atoms with Crippen molar-refractivity contribution in [1.29, 1.82) is 0 Å². The van der Waals surface area contributed by atoms with Crippen molar-refractivity contribution in [2.45, 2.75) is 37.5 Å². The van der Waals surface area contributed by atoms with Crippen molar-refractivity contribution in [3.63, 3.8) is 0 Å². The van der Waals surface area contributed by atoms with Gasteiger partial charge in [-0.15, -0.1) is 0 Å². The van der Waals surface area contributed by atoms with Gasteiger partial charge in [-0.1, -0.05) is 18.2 Å². The van der Waals surface area contributed by atoms with Crippen LogP contribution in [-0.4, -0.2) is 65.7 Å². The summed E-state index contributed by atoms with van der Waals surface area (Å²) in [5, 5.41) is 20.6. The summed E-state index contributed by atoms with van der Waals surface area (Å²) < 4.78 is 28.9. The Balaban J connectivity index is 1.41. The van der Waals surface area contributed by atoms with Gasteiger partial charge in [0.2, 0.25) is 10.0 Å². The normalized spacial score (nSPS) is 16.3. The minimum atomic E-state index is -3.87. The summed E-state index contributed by atoms with van der Waals surface area (Å²) in [7, 11) is -3.87. The number of nitro groups is 1. The van der Waals surface area contributed by atoms with Gasteiger partial charge in [-0.3, -0.25) is 14.9 Å². The summed E-state index contributed by atoms with van der Waals surface area (Å²) in [6.07, 6.45) is 5.08. The van der Waals surface area contributed by atoms with E-state index in [1.54, 1.807) is 0 Å². The van der Waals surface area contributed by atoms with Gasteiger partial charge in [0.15, 0.2) is 0 Å². The number of carbonyl (C=O) groups is 1. The van der Waals surface area contributed by atoms with Gasteiger partial charge in [-0.25, -0.2) is 18.5 Å². The number of nitrogens with one attached hydrogen (secondary N) is 1. The first-order chi connectivity index (χ1) is 18.8. The van der Waals surface area contributed by atoms with Crippen LogP contribution in [0.25, 0.3) is 5.69 Å². The Morgan fingerprint density at radius 2 is 1.72 bits per heavy atom. The standard InChI is InChI=1S/C26H29N7O5S/c1-19-23(26(30-13-5-6-14-30)32(29-19)20-9-3-2-4-10-20)18-27-28-25(34)22-12-11-21(17-24(22)33(35)36)39(37,38)31-15-7-8-16-31/h2-4,9-12,17-18H,5-8,13-16H2,1H3,(H,28,34)/b27-18+. The van der Waals surface area contributed by atoms with E-state index in [0.717, 1.165) is 68.0 Å². The Labute approximate surface area is 226 Å². The number of hydrogen-bond acceptors (Lipinski definition) is 8. The topological polar surface area (TPSA) is 143 Å². The average molecular weight is 552 g/mol. The molecule has 0 spiro atoms. The highest BCUT2D eigenvalue weighted by atomic mass is 32.2. The van der Waals surface area contributed by atoms with Crippen molar-refractivity contribution in [2.24, 2.45) is 5.10 Å². The van der Waals surface area contributed by atoms with E-state index in [0.29, 0.717) is 18.8 Å². The molecule has 2 aliphatic rings. The van der Waals surface area contributed by atoms with Gasteiger partial charge in [-0.2, -0.15) is 14.5 Å². The van der Waals surface area contributed by atoms with Crippen LogP contribution in [0.15, 0.2) is 58.5 Å². The van der Waals surface area contributed by atoms with Crippen molar-refractivity contribution in [3.8, 4) is 5.69 Å². The van der Waals surface area contributed by atoms with E-state index in [9.17, 15) is 23.3 Å². The predicted octanol–water partition coefficient (Wildman–Crippen LogP) is 3.24. The molecule has 0 radical (unpaired) electrons. The van der Waals surface area contributed by atoms with Crippen molar-refractivity contribution in [2.75, 3.05) is 31.1 Å². The molecule has 0 unspecified atom stereocenters.